The first kappa shape index (κ1) is 32.3. The van der Waals surface area contributed by atoms with Crippen molar-refractivity contribution < 1.29 is 9.15 Å². The van der Waals surface area contributed by atoms with E-state index in [1.807, 2.05) is 6.07 Å². The van der Waals surface area contributed by atoms with Crippen LogP contribution in [0.5, 0.6) is 0 Å². The lowest BCUT2D eigenvalue weighted by atomic mass is 9.65. The Morgan fingerprint density at radius 1 is 0.830 bits per heavy atom. The van der Waals surface area contributed by atoms with Crippen LogP contribution in [0.1, 0.15) is 63.5 Å². The third kappa shape index (κ3) is 5.13. The van der Waals surface area contributed by atoms with Crippen molar-refractivity contribution in [2.45, 2.75) is 58.5 Å². The van der Waals surface area contributed by atoms with Crippen LogP contribution < -0.4 is 0 Å². The van der Waals surface area contributed by atoms with Gasteiger partial charge in [0.15, 0.2) is 0 Å². The molecule has 1 saturated carbocycles. The highest BCUT2D eigenvalue weighted by atomic mass is 16.5. The summed E-state index contributed by atoms with van der Waals surface area (Å²) < 4.78 is 13.3. The van der Waals surface area contributed by atoms with E-state index < -0.39 is 0 Å². The van der Waals surface area contributed by atoms with Gasteiger partial charge in [-0.15, -0.1) is 0 Å². The second-order valence-electron chi connectivity index (χ2n) is 16.2. The van der Waals surface area contributed by atoms with Gasteiger partial charge in [-0.2, -0.15) is 0 Å². The van der Waals surface area contributed by atoms with Crippen LogP contribution in [0.3, 0.4) is 0 Å². The summed E-state index contributed by atoms with van der Waals surface area (Å²) in [6, 6.07) is 34.9. The van der Waals surface area contributed by atoms with E-state index in [1.54, 1.807) is 5.57 Å². The average Bonchev–Trinajstić information content (AvgIpc) is 3.85. The van der Waals surface area contributed by atoms with Crippen molar-refractivity contribution in [3.8, 4) is 11.1 Å². The van der Waals surface area contributed by atoms with Crippen LogP contribution in [0.15, 0.2) is 179 Å². The van der Waals surface area contributed by atoms with E-state index in [0.717, 1.165) is 46.8 Å². The molecule has 2 nitrogen and oxygen atoms in total. The maximum Gasteiger partial charge on any atom is 0.143 e. The monoisotopic (exact) mass is 690 g/mol. The van der Waals surface area contributed by atoms with Gasteiger partial charge in [0, 0.05) is 27.7 Å². The zero-order chi connectivity index (χ0) is 35.7. The topological polar surface area (TPSA) is 22.4 Å². The SMILES string of the molecule is C/C=C(\C=C/C(C1=CCC(C)(C2=CCCC3=C2OC2C=CC=CC32C)C2CC12)c1ccc(-c2ccccc2)cc1)c1cccc2c1oc1ccccc12. The fraction of sp³-hybridized carbons (Fsp3) is 0.255. The summed E-state index contributed by atoms with van der Waals surface area (Å²) in [5.41, 5.74) is 12.6. The standard InChI is InChI=1S/C51H46O2/c1-4-33(38-17-12-18-41-40-16-8-9-21-46(40)52-48(38)41)27-28-37(36-25-23-35(24-26-36)34-14-6-5-7-15-34)39-29-31-50(2,45-32-42(39)45)43-19-13-20-44-49(43)53-47-22-10-11-30-51(44,47)3/h4-12,14-19,21-30,37,42,45,47H,13,20,31-32H2,1-3H3/b28-27-,33-4+. The molecule has 0 amide bonds. The summed E-state index contributed by atoms with van der Waals surface area (Å²) >= 11 is 0. The number of fused-ring (bicyclic) bond motifs is 6. The lowest BCUT2D eigenvalue weighted by Gasteiger charge is -2.38. The summed E-state index contributed by atoms with van der Waals surface area (Å²) in [4.78, 5) is 0. The summed E-state index contributed by atoms with van der Waals surface area (Å²) in [7, 11) is 0. The van der Waals surface area contributed by atoms with Gasteiger partial charge in [-0.3, -0.25) is 0 Å². The molecule has 4 aromatic carbocycles. The number of rotatable bonds is 7. The molecule has 1 aliphatic heterocycles. The Morgan fingerprint density at radius 3 is 2.47 bits per heavy atom. The Morgan fingerprint density at radius 2 is 1.62 bits per heavy atom. The highest BCUT2D eigenvalue weighted by Gasteiger charge is 2.58. The average molecular weight is 691 g/mol. The van der Waals surface area contributed by atoms with Gasteiger partial charge in [-0.1, -0.05) is 152 Å². The van der Waals surface area contributed by atoms with Crippen LogP contribution in [0.4, 0.5) is 0 Å². The summed E-state index contributed by atoms with van der Waals surface area (Å²) in [6.45, 7) is 7.04. The molecule has 6 atom stereocenters. The van der Waals surface area contributed by atoms with Crippen molar-refractivity contribution in [2.75, 3.05) is 0 Å². The minimum absolute atomic E-state index is 0.0302. The number of para-hydroxylation sites is 2. The lowest BCUT2D eigenvalue weighted by Crippen LogP contribution is -2.29. The van der Waals surface area contributed by atoms with Gasteiger partial charge >= 0.3 is 0 Å². The summed E-state index contributed by atoms with van der Waals surface area (Å²) in [5.74, 6) is 2.54. The molecule has 262 valence electrons. The smallest absolute Gasteiger partial charge is 0.143 e. The highest BCUT2D eigenvalue weighted by molar-refractivity contribution is 6.08. The number of hydrogen-bond donors (Lipinski definition) is 0. The zero-order valence-electron chi connectivity index (χ0n) is 30.9. The molecule has 6 unspecified atom stereocenters. The Balaban J connectivity index is 1.02. The first-order valence-corrected chi connectivity index (χ1v) is 19.5. The molecule has 5 aliphatic rings. The van der Waals surface area contributed by atoms with Crippen LogP contribution in [0.25, 0.3) is 38.6 Å². The number of hydrogen-bond acceptors (Lipinski definition) is 2. The lowest BCUT2D eigenvalue weighted by molar-refractivity contribution is 0.125. The Hall–Kier alpha value is -5.34. The molecule has 0 radical (unpaired) electrons. The second-order valence-corrected chi connectivity index (χ2v) is 16.2. The quantitative estimate of drug-likeness (QED) is 0.125. The van der Waals surface area contributed by atoms with Crippen molar-refractivity contribution in [1.82, 2.24) is 0 Å². The molecule has 2 heteroatoms. The molecule has 0 bridgehead atoms. The highest BCUT2D eigenvalue weighted by Crippen LogP contribution is 2.67. The molecule has 4 aliphatic carbocycles. The zero-order valence-corrected chi connectivity index (χ0v) is 30.9. The minimum Gasteiger partial charge on any atom is -0.485 e. The molecule has 0 saturated heterocycles. The molecule has 0 N–H and O–H groups in total. The molecular formula is C51H46O2. The maximum absolute atomic E-state index is 6.86. The van der Waals surface area contributed by atoms with Crippen molar-refractivity contribution >= 4 is 27.5 Å². The third-order valence-electron chi connectivity index (χ3n) is 13.2. The van der Waals surface area contributed by atoms with E-state index in [-0.39, 0.29) is 22.9 Å². The first-order valence-electron chi connectivity index (χ1n) is 19.5. The normalized spacial score (nSPS) is 28.1. The van der Waals surface area contributed by atoms with Crippen LogP contribution in [0, 0.1) is 22.7 Å². The Labute approximate surface area is 313 Å². The third-order valence-corrected chi connectivity index (χ3v) is 13.2. The van der Waals surface area contributed by atoms with E-state index >= 15 is 0 Å². The van der Waals surface area contributed by atoms with Crippen LogP contribution in [-0.4, -0.2) is 6.10 Å². The van der Waals surface area contributed by atoms with Gasteiger partial charge in [-0.05, 0) is 96.9 Å². The van der Waals surface area contributed by atoms with Crippen molar-refractivity contribution in [2.24, 2.45) is 22.7 Å². The molecule has 2 heterocycles. The molecule has 10 rings (SSSR count). The van der Waals surface area contributed by atoms with E-state index in [0.29, 0.717) is 11.8 Å². The predicted molar refractivity (Wildman–Crippen MR) is 219 cm³/mol. The van der Waals surface area contributed by atoms with Crippen molar-refractivity contribution in [3.63, 3.8) is 0 Å². The predicted octanol–water partition coefficient (Wildman–Crippen LogP) is 13.5. The summed E-state index contributed by atoms with van der Waals surface area (Å²) in [6.07, 6.45) is 25.7. The van der Waals surface area contributed by atoms with Crippen molar-refractivity contribution in [3.05, 3.63) is 185 Å². The van der Waals surface area contributed by atoms with Gasteiger partial charge in [0.1, 0.15) is 23.0 Å². The van der Waals surface area contributed by atoms with E-state index in [2.05, 4.69) is 166 Å². The van der Waals surface area contributed by atoms with E-state index in [1.165, 1.54) is 45.6 Å². The van der Waals surface area contributed by atoms with E-state index in [9.17, 15) is 0 Å². The Bertz CT molecular complexity index is 2480. The van der Waals surface area contributed by atoms with Gasteiger partial charge in [-0.25, -0.2) is 0 Å². The maximum atomic E-state index is 6.86. The second kappa shape index (κ2) is 12.4. The molecule has 0 spiro atoms. The van der Waals surface area contributed by atoms with E-state index in [4.69, 9.17) is 9.15 Å². The fourth-order valence-electron chi connectivity index (χ4n) is 10.2. The number of ether oxygens (including phenoxy) is 1. The van der Waals surface area contributed by atoms with Crippen LogP contribution >= 0.6 is 0 Å². The van der Waals surface area contributed by atoms with Gasteiger partial charge in [0.25, 0.3) is 0 Å². The Kier molecular flexibility index (Phi) is 7.55. The largest absolute Gasteiger partial charge is 0.485 e. The van der Waals surface area contributed by atoms with Crippen LogP contribution in [-0.2, 0) is 4.74 Å². The van der Waals surface area contributed by atoms with Crippen molar-refractivity contribution in [1.29, 1.82) is 0 Å². The minimum atomic E-state index is -0.0302. The van der Waals surface area contributed by atoms with Gasteiger partial charge in [0.05, 0.1) is 5.41 Å². The fourth-order valence-corrected chi connectivity index (χ4v) is 10.2. The molecule has 53 heavy (non-hydrogen) atoms. The summed E-state index contributed by atoms with van der Waals surface area (Å²) in [5, 5.41) is 2.32. The number of benzene rings is 4. The first-order chi connectivity index (χ1) is 26.0. The molecular weight excluding hydrogens is 645 g/mol. The molecule has 1 aromatic heterocycles. The molecule has 5 aromatic rings. The number of allylic oxidation sites excluding steroid dienone is 10. The van der Waals surface area contributed by atoms with Gasteiger partial charge < -0.3 is 9.15 Å². The molecule has 1 fully saturated rings. The number of furan rings is 1. The van der Waals surface area contributed by atoms with Crippen LogP contribution in [0.2, 0.25) is 0 Å². The van der Waals surface area contributed by atoms with Gasteiger partial charge in [0.2, 0.25) is 0 Å².